The van der Waals surface area contributed by atoms with Crippen LogP contribution in [0, 0.1) is 24.1 Å². The number of halogens is 2. The number of nitriles is 1. The smallest absolute Gasteiger partial charge is 0.187 e. The van der Waals surface area contributed by atoms with Crippen LogP contribution in [-0.2, 0) is 0 Å². The maximum atomic E-state index is 14.0. The molecule has 2 aromatic rings. The van der Waals surface area contributed by atoms with Crippen LogP contribution in [0.2, 0.25) is 0 Å². The van der Waals surface area contributed by atoms with Crippen molar-refractivity contribution in [1.29, 1.82) is 5.26 Å². The van der Waals surface area contributed by atoms with E-state index in [0.29, 0.717) is 5.56 Å². The highest BCUT2D eigenvalue weighted by Gasteiger charge is 2.25. The summed E-state index contributed by atoms with van der Waals surface area (Å²) < 4.78 is 14.2. The van der Waals surface area contributed by atoms with E-state index in [0.717, 1.165) is 5.56 Å². The van der Waals surface area contributed by atoms with E-state index < -0.39 is 17.5 Å². The van der Waals surface area contributed by atoms with Gasteiger partial charge < -0.3 is 0 Å². The first-order valence-corrected chi connectivity index (χ1v) is 6.78. The molecule has 0 spiro atoms. The highest BCUT2D eigenvalue weighted by atomic mass is 79.9. The van der Waals surface area contributed by atoms with Crippen molar-refractivity contribution >= 4 is 21.7 Å². The predicted molar refractivity (Wildman–Crippen MR) is 78.0 cm³/mol. The molecule has 2 rings (SSSR count). The van der Waals surface area contributed by atoms with E-state index in [2.05, 4.69) is 15.9 Å². The van der Waals surface area contributed by atoms with Crippen molar-refractivity contribution in [3.63, 3.8) is 0 Å². The van der Waals surface area contributed by atoms with Gasteiger partial charge in [-0.25, -0.2) is 4.39 Å². The van der Waals surface area contributed by atoms with Gasteiger partial charge in [0.1, 0.15) is 11.7 Å². The molecule has 0 saturated carbocycles. The number of benzene rings is 2. The SMILES string of the molecule is Cc1cccc(C(C#N)C(=O)c2cccc(Br)c2F)c1. The Kier molecular flexibility index (Phi) is 4.31. The Morgan fingerprint density at radius 1 is 1.30 bits per heavy atom. The topological polar surface area (TPSA) is 40.9 Å². The van der Waals surface area contributed by atoms with Gasteiger partial charge in [-0.15, -0.1) is 0 Å². The highest BCUT2D eigenvalue weighted by molar-refractivity contribution is 9.10. The van der Waals surface area contributed by atoms with Crippen LogP contribution < -0.4 is 0 Å². The normalized spacial score (nSPS) is 11.7. The molecule has 20 heavy (non-hydrogen) atoms. The van der Waals surface area contributed by atoms with E-state index in [1.54, 1.807) is 24.3 Å². The zero-order valence-electron chi connectivity index (χ0n) is 10.7. The van der Waals surface area contributed by atoms with E-state index in [-0.39, 0.29) is 10.0 Å². The molecular weight excluding hydrogens is 321 g/mol. The third-order valence-electron chi connectivity index (χ3n) is 2.98. The van der Waals surface area contributed by atoms with Gasteiger partial charge in [-0.3, -0.25) is 4.79 Å². The summed E-state index contributed by atoms with van der Waals surface area (Å²) >= 11 is 3.04. The molecule has 100 valence electrons. The lowest BCUT2D eigenvalue weighted by Gasteiger charge is -2.10. The molecule has 0 aromatic heterocycles. The zero-order chi connectivity index (χ0) is 14.7. The van der Waals surface area contributed by atoms with E-state index in [1.807, 2.05) is 19.1 Å². The highest BCUT2D eigenvalue weighted by Crippen LogP contribution is 2.25. The number of rotatable bonds is 3. The van der Waals surface area contributed by atoms with Crippen molar-refractivity contribution in [2.45, 2.75) is 12.8 Å². The first-order valence-electron chi connectivity index (χ1n) is 5.99. The maximum absolute atomic E-state index is 14.0. The summed E-state index contributed by atoms with van der Waals surface area (Å²) in [6, 6.07) is 13.6. The fourth-order valence-electron chi connectivity index (χ4n) is 1.98. The Balaban J connectivity index is 2.45. The number of Topliss-reactive ketones (excluding diaryl/α,β-unsaturated/α-hetero) is 1. The lowest BCUT2D eigenvalue weighted by Crippen LogP contribution is -2.13. The summed E-state index contributed by atoms with van der Waals surface area (Å²) in [5.41, 5.74) is 1.45. The van der Waals surface area contributed by atoms with Gasteiger partial charge in [-0.05, 0) is 40.5 Å². The Morgan fingerprint density at radius 2 is 2.00 bits per heavy atom. The van der Waals surface area contributed by atoms with Gasteiger partial charge in [0, 0.05) is 0 Å². The fraction of sp³-hybridized carbons (Fsp3) is 0.125. The number of ketones is 1. The van der Waals surface area contributed by atoms with Crippen molar-refractivity contribution < 1.29 is 9.18 Å². The van der Waals surface area contributed by atoms with Gasteiger partial charge in [0.2, 0.25) is 0 Å². The fourth-order valence-corrected chi connectivity index (χ4v) is 2.35. The van der Waals surface area contributed by atoms with Gasteiger partial charge in [0.05, 0.1) is 16.1 Å². The van der Waals surface area contributed by atoms with Crippen LogP contribution in [0.25, 0.3) is 0 Å². The standard InChI is InChI=1S/C16H11BrFNO/c1-10-4-2-5-11(8-10)13(9-19)16(20)12-6-3-7-14(17)15(12)18/h2-8,13H,1H3. The van der Waals surface area contributed by atoms with Crippen LogP contribution in [0.15, 0.2) is 46.9 Å². The Bertz CT molecular complexity index is 706. The molecule has 0 radical (unpaired) electrons. The largest absolute Gasteiger partial charge is 0.292 e. The van der Waals surface area contributed by atoms with Crippen molar-refractivity contribution in [2.75, 3.05) is 0 Å². The summed E-state index contributed by atoms with van der Waals surface area (Å²) in [5.74, 6) is -2.17. The van der Waals surface area contributed by atoms with Crippen LogP contribution in [-0.4, -0.2) is 5.78 Å². The molecule has 0 aliphatic heterocycles. The third-order valence-corrected chi connectivity index (χ3v) is 3.60. The number of nitrogens with zero attached hydrogens (tertiary/aromatic N) is 1. The van der Waals surface area contributed by atoms with Crippen LogP contribution >= 0.6 is 15.9 Å². The maximum Gasteiger partial charge on any atom is 0.187 e. The van der Waals surface area contributed by atoms with E-state index in [1.165, 1.54) is 12.1 Å². The number of carbonyl (C=O) groups excluding carboxylic acids is 1. The first kappa shape index (κ1) is 14.4. The minimum Gasteiger partial charge on any atom is -0.292 e. The minimum atomic E-state index is -1.00. The van der Waals surface area contributed by atoms with Gasteiger partial charge in [0.25, 0.3) is 0 Å². The molecule has 1 unspecified atom stereocenters. The Labute approximate surface area is 125 Å². The molecule has 0 aliphatic rings. The van der Waals surface area contributed by atoms with E-state index >= 15 is 0 Å². The van der Waals surface area contributed by atoms with Gasteiger partial charge in [-0.1, -0.05) is 35.9 Å². The van der Waals surface area contributed by atoms with Crippen LogP contribution in [0.4, 0.5) is 4.39 Å². The molecule has 2 aromatic carbocycles. The molecule has 0 N–H and O–H groups in total. The average molecular weight is 332 g/mol. The summed E-state index contributed by atoms with van der Waals surface area (Å²) in [4.78, 5) is 12.4. The predicted octanol–water partition coefficient (Wildman–Crippen LogP) is 4.39. The number of hydrogen-bond acceptors (Lipinski definition) is 2. The molecule has 0 bridgehead atoms. The average Bonchev–Trinajstić information content (AvgIpc) is 2.42. The first-order chi connectivity index (χ1) is 9.54. The Hall–Kier alpha value is -1.99. The zero-order valence-corrected chi connectivity index (χ0v) is 12.3. The molecule has 0 amide bonds. The lowest BCUT2D eigenvalue weighted by molar-refractivity contribution is 0.0975. The lowest BCUT2D eigenvalue weighted by atomic mass is 9.91. The minimum absolute atomic E-state index is 0.0765. The number of carbonyl (C=O) groups is 1. The molecule has 0 fully saturated rings. The van der Waals surface area contributed by atoms with Crippen molar-refractivity contribution in [3.8, 4) is 6.07 Å². The van der Waals surface area contributed by atoms with Gasteiger partial charge in [-0.2, -0.15) is 5.26 Å². The second-order valence-electron chi connectivity index (χ2n) is 4.44. The summed E-state index contributed by atoms with van der Waals surface area (Å²) in [7, 11) is 0. The monoisotopic (exact) mass is 331 g/mol. The van der Waals surface area contributed by atoms with E-state index in [4.69, 9.17) is 0 Å². The number of hydrogen-bond donors (Lipinski definition) is 0. The van der Waals surface area contributed by atoms with E-state index in [9.17, 15) is 14.4 Å². The summed E-state index contributed by atoms with van der Waals surface area (Å²) in [6.45, 7) is 1.88. The van der Waals surface area contributed by atoms with Gasteiger partial charge >= 0.3 is 0 Å². The van der Waals surface area contributed by atoms with Crippen molar-refractivity contribution in [2.24, 2.45) is 0 Å². The molecular formula is C16H11BrFNO. The quantitative estimate of drug-likeness (QED) is 0.783. The molecule has 0 heterocycles. The summed E-state index contributed by atoms with van der Waals surface area (Å²) in [6.07, 6.45) is 0. The van der Waals surface area contributed by atoms with Crippen LogP contribution in [0.3, 0.4) is 0 Å². The Morgan fingerprint density at radius 3 is 2.65 bits per heavy atom. The molecule has 0 saturated heterocycles. The molecule has 0 aliphatic carbocycles. The second-order valence-corrected chi connectivity index (χ2v) is 5.30. The molecule has 1 atom stereocenters. The van der Waals surface area contributed by atoms with Crippen molar-refractivity contribution in [3.05, 3.63) is 69.4 Å². The second kappa shape index (κ2) is 5.98. The number of aryl methyl sites for hydroxylation is 1. The molecule has 2 nitrogen and oxygen atoms in total. The van der Waals surface area contributed by atoms with Gasteiger partial charge in [0.15, 0.2) is 5.78 Å². The van der Waals surface area contributed by atoms with Crippen molar-refractivity contribution in [1.82, 2.24) is 0 Å². The third kappa shape index (κ3) is 2.78. The van der Waals surface area contributed by atoms with Crippen LogP contribution in [0.1, 0.15) is 27.4 Å². The van der Waals surface area contributed by atoms with Crippen LogP contribution in [0.5, 0.6) is 0 Å². The summed E-state index contributed by atoms with van der Waals surface area (Å²) in [5, 5.41) is 9.26. The molecule has 4 heteroatoms.